The Morgan fingerprint density at radius 1 is 1.15 bits per heavy atom. The molecule has 0 amide bonds. The fourth-order valence-corrected chi connectivity index (χ4v) is 2.60. The number of alkyl halides is 4. The number of allylic oxidation sites excluding steroid dienone is 1. The molecule has 1 aromatic rings. The van der Waals surface area contributed by atoms with E-state index in [2.05, 4.69) is 25.6 Å². The van der Waals surface area contributed by atoms with Crippen molar-refractivity contribution in [2.45, 2.75) is 57.1 Å². The summed E-state index contributed by atoms with van der Waals surface area (Å²) in [5.74, 6) is -1.26. The summed E-state index contributed by atoms with van der Waals surface area (Å²) in [6.07, 6.45) is -6.35. The van der Waals surface area contributed by atoms with Gasteiger partial charge < -0.3 is 15.7 Å². The van der Waals surface area contributed by atoms with Crippen molar-refractivity contribution in [3.63, 3.8) is 0 Å². The van der Waals surface area contributed by atoms with Gasteiger partial charge in [0.1, 0.15) is 24.1 Å². The highest BCUT2D eigenvalue weighted by atomic mass is 19.4. The zero-order valence-electron chi connectivity index (χ0n) is 14.5. The summed E-state index contributed by atoms with van der Waals surface area (Å²) in [5, 5.41) is 14.6. The second-order valence-electron chi connectivity index (χ2n) is 6.86. The summed E-state index contributed by atoms with van der Waals surface area (Å²) in [5.41, 5.74) is -0.129. The number of rotatable bonds is 6. The fraction of sp³-hybridized carbons (Fsp3) is 0.688. The van der Waals surface area contributed by atoms with E-state index in [0.29, 0.717) is 12.5 Å². The maximum atomic E-state index is 14.3. The molecule has 6 nitrogen and oxygen atoms in total. The highest BCUT2D eigenvalue weighted by Crippen LogP contribution is 2.34. The first-order valence-electron chi connectivity index (χ1n) is 8.69. The van der Waals surface area contributed by atoms with E-state index in [9.17, 15) is 27.1 Å². The number of aliphatic hydroxyl groups is 1. The first kappa shape index (κ1) is 19.7. The summed E-state index contributed by atoms with van der Waals surface area (Å²) in [6, 6.07) is -1.94. The van der Waals surface area contributed by atoms with Gasteiger partial charge in [-0.3, -0.25) is 0 Å². The van der Waals surface area contributed by atoms with Gasteiger partial charge in [-0.2, -0.15) is 28.1 Å². The molecule has 11 heteroatoms. The molecule has 2 aliphatic rings. The third-order valence-electron chi connectivity index (χ3n) is 4.55. The Bertz CT molecular complexity index is 722. The van der Waals surface area contributed by atoms with Crippen molar-refractivity contribution >= 4 is 17.5 Å². The van der Waals surface area contributed by atoms with Crippen LogP contribution in [0, 0.1) is 5.92 Å². The average molecular weight is 393 g/mol. The van der Waals surface area contributed by atoms with Gasteiger partial charge in [0.15, 0.2) is 5.82 Å². The molecule has 0 radical (unpaired) electrons. The molecule has 1 unspecified atom stereocenters. The zero-order valence-corrected chi connectivity index (χ0v) is 14.5. The Kier molecular flexibility index (Phi) is 5.50. The third-order valence-corrected chi connectivity index (χ3v) is 4.55. The van der Waals surface area contributed by atoms with Crippen molar-refractivity contribution in [1.29, 1.82) is 0 Å². The van der Waals surface area contributed by atoms with Crippen LogP contribution >= 0.6 is 0 Å². The lowest BCUT2D eigenvalue weighted by Gasteiger charge is -2.23. The van der Waals surface area contributed by atoms with E-state index >= 15 is 0 Å². The molecule has 150 valence electrons. The number of nitrogens with one attached hydrogen (secondary N) is 2. The van der Waals surface area contributed by atoms with Crippen LogP contribution in [0.3, 0.4) is 0 Å². The van der Waals surface area contributed by atoms with E-state index in [1.54, 1.807) is 0 Å². The maximum absolute atomic E-state index is 14.3. The molecule has 1 fully saturated rings. The normalized spacial score (nSPS) is 24.7. The molecule has 1 heterocycles. The number of anilines is 2. The van der Waals surface area contributed by atoms with Crippen molar-refractivity contribution in [2.75, 3.05) is 17.2 Å². The Balaban J connectivity index is 1.91. The molecule has 3 atom stereocenters. The van der Waals surface area contributed by atoms with E-state index in [1.165, 1.54) is 0 Å². The van der Waals surface area contributed by atoms with Gasteiger partial charge in [0.05, 0.1) is 0 Å². The molecule has 0 bridgehead atoms. The van der Waals surface area contributed by atoms with Gasteiger partial charge in [-0.15, -0.1) is 0 Å². The summed E-state index contributed by atoms with van der Waals surface area (Å²) in [4.78, 5) is 11.8. The fourth-order valence-electron chi connectivity index (χ4n) is 2.60. The van der Waals surface area contributed by atoms with E-state index in [-0.39, 0.29) is 36.1 Å². The minimum absolute atomic E-state index is 0.000867. The molecule has 0 aromatic carbocycles. The van der Waals surface area contributed by atoms with Crippen molar-refractivity contribution in [1.82, 2.24) is 15.0 Å². The summed E-state index contributed by atoms with van der Waals surface area (Å²) < 4.78 is 66.2. The molecule has 3 N–H and O–H groups in total. The highest BCUT2D eigenvalue weighted by molar-refractivity contribution is 5.65. The zero-order chi connectivity index (χ0) is 19.8. The molecule has 1 saturated carbocycles. The van der Waals surface area contributed by atoms with Gasteiger partial charge in [0.25, 0.3) is 0 Å². The number of aliphatic hydroxyl groups excluding tert-OH is 1. The largest absolute Gasteiger partial charge is 0.408 e. The van der Waals surface area contributed by atoms with Gasteiger partial charge in [0.2, 0.25) is 11.9 Å². The highest BCUT2D eigenvalue weighted by Gasteiger charge is 2.37. The molecule has 1 aromatic heterocycles. The van der Waals surface area contributed by atoms with Crippen LogP contribution < -0.4 is 10.6 Å². The lowest BCUT2D eigenvalue weighted by molar-refractivity contribution is -0.138. The number of hydrogen-bond donors (Lipinski definition) is 3. The van der Waals surface area contributed by atoms with Crippen LogP contribution in [-0.4, -0.2) is 51.1 Å². The van der Waals surface area contributed by atoms with Crippen LogP contribution in [0.25, 0.3) is 5.57 Å². The lowest BCUT2D eigenvalue weighted by Crippen LogP contribution is -2.34. The van der Waals surface area contributed by atoms with Crippen LogP contribution in [0.2, 0.25) is 0 Å². The molecule has 0 spiro atoms. The van der Waals surface area contributed by atoms with Crippen LogP contribution in [0.1, 0.15) is 38.4 Å². The second-order valence-corrected chi connectivity index (χ2v) is 6.86. The summed E-state index contributed by atoms with van der Waals surface area (Å²) in [6.45, 7) is 1.44. The van der Waals surface area contributed by atoms with Gasteiger partial charge in [0, 0.05) is 12.1 Å². The van der Waals surface area contributed by atoms with Crippen LogP contribution in [0.15, 0.2) is 5.83 Å². The minimum Gasteiger partial charge on any atom is -0.383 e. The first-order chi connectivity index (χ1) is 12.6. The van der Waals surface area contributed by atoms with E-state index in [4.69, 9.17) is 0 Å². The molecule has 27 heavy (non-hydrogen) atoms. The third kappa shape index (κ3) is 4.82. The molecule has 3 rings (SSSR count). The molecule has 0 aliphatic heterocycles. The standard InChI is InChI=1S/C16H20F5N5O/c1-7(16(19,20)21)23-15-25-13(9-4-5-10(17)12(27)11(9)18)24-14(26-15)22-6-8-2-3-8/h7-8,10,12,27H,2-6H2,1H3,(H2,22,23,24,25,26)/t7-,10?,12+/m1/s1. The van der Waals surface area contributed by atoms with E-state index in [1.807, 2.05) is 0 Å². The van der Waals surface area contributed by atoms with Crippen LogP contribution in [0.5, 0.6) is 0 Å². The van der Waals surface area contributed by atoms with Gasteiger partial charge >= 0.3 is 6.18 Å². The summed E-state index contributed by atoms with van der Waals surface area (Å²) >= 11 is 0. The molecule has 0 saturated heterocycles. The lowest BCUT2D eigenvalue weighted by atomic mass is 9.94. The number of aromatic nitrogens is 3. The quantitative estimate of drug-likeness (QED) is 0.644. The first-order valence-corrected chi connectivity index (χ1v) is 8.69. The number of halogens is 5. The Hall–Kier alpha value is -2.04. The van der Waals surface area contributed by atoms with Crippen LogP contribution in [-0.2, 0) is 0 Å². The predicted octanol–water partition coefficient (Wildman–Crippen LogP) is 3.23. The SMILES string of the molecule is C[C@@H](Nc1nc(NCC2CC2)nc(C2=C(F)[C@@H](O)C(F)CC2)n1)C(F)(F)F. The van der Waals surface area contributed by atoms with Crippen molar-refractivity contribution in [3.05, 3.63) is 11.7 Å². The second kappa shape index (κ2) is 7.53. The Labute approximate surface area is 152 Å². The molecule has 2 aliphatic carbocycles. The van der Waals surface area contributed by atoms with Crippen molar-refractivity contribution in [3.8, 4) is 0 Å². The minimum atomic E-state index is -4.53. The summed E-state index contributed by atoms with van der Waals surface area (Å²) in [7, 11) is 0. The monoisotopic (exact) mass is 393 g/mol. The van der Waals surface area contributed by atoms with Crippen LogP contribution in [0.4, 0.5) is 33.8 Å². The smallest absolute Gasteiger partial charge is 0.383 e. The van der Waals surface area contributed by atoms with Gasteiger partial charge in [-0.25, -0.2) is 8.78 Å². The van der Waals surface area contributed by atoms with Crippen molar-refractivity contribution in [2.24, 2.45) is 5.92 Å². The number of nitrogens with zero attached hydrogens (tertiary/aromatic N) is 3. The predicted molar refractivity (Wildman–Crippen MR) is 88.3 cm³/mol. The topological polar surface area (TPSA) is 83.0 Å². The molecular weight excluding hydrogens is 373 g/mol. The van der Waals surface area contributed by atoms with Gasteiger partial charge in [-0.1, -0.05) is 0 Å². The van der Waals surface area contributed by atoms with E-state index < -0.39 is 30.3 Å². The van der Waals surface area contributed by atoms with Crippen molar-refractivity contribution < 1.29 is 27.1 Å². The average Bonchev–Trinajstić information content (AvgIpc) is 3.41. The number of hydrogen-bond acceptors (Lipinski definition) is 6. The Morgan fingerprint density at radius 3 is 2.44 bits per heavy atom. The van der Waals surface area contributed by atoms with Gasteiger partial charge in [-0.05, 0) is 38.5 Å². The van der Waals surface area contributed by atoms with E-state index in [0.717, 1.165) is 19.8 Å². The molecular formula is C16H20F5N5O. The maximum Gasteiger partial charge on any atom is 0.408 e. The Morgan fingerprint density at radius 2 is 1.81 bits per heavy atom.